The van der Waals surface area contributed by atoms with Gasteiger partial charge in [-0.15, -0.1) is 0 Å². The van der Waals surface area contributed by atoms with Gasteiger partial charge in [0.05, 0.1) is 0 Å². The summed E-state index contributed by atoms with van der Waals surface area (Å²) >= 11 is 0. The van der Waals surface area contributed by atoms with Gasteiger partial charge in [0.2, 0.25) is 0 Å². The molecular weight excluding hydrogens is 223 g/mol. The van der Waals surface area contributed by atoms with Crippen LogP contribution in [0.5, 0.6) is 0 Å². The van der Waals surface area contributed by atoms with Crippen molar-refractivity contribution in [3.63, 3.8) is 0 Å². The third-order valence-electron chi connectivity index (χ3n) is 3.39. The zero-order chi connectivity index (χ0) is 13.0. The minimum Gasteiger partial charge on any atom is -0.207 e. The van der Waals surface area contributed by atoms with E-state index in [-0.39, 0.29) is 5.82 Å². The van der Waals surface area contributed by atoms with Crippen LogP contribution in [0.2, 0.25) is 0 Å². The molecule has 0 fully saturated rings. The summed E-state index contributed by atoms with van der Waals surface area (Å²) in [4.78, 5) is 0. The lowest BCUT2D eigenvalue weighted by Crippen LogP contribution is -1.97. The van der Waals surface area contributed by atoms with Crippen molar-refractivity contribution in [3.05, 3.63) is 59.9 Å². The lowest BCUT2D eigenvalue weighted by Gasteiger charge is -2.10. The van der Waals surface area contributed by atoms with Gasteiger partial charge in [-0.05, 0) is 41.2 Å². The van der Waals surface area contributed by atoms with Crippen LogP contribution < -0.4 is 0 Å². The zero-order valence-corrected chi connectivity index (χ0v) is 11.0. The van der Waals surface area contributed by atoms with E-state index in [0.717, 1.165) is 17.5 Å². The lowest BCUT2D eigenvalue weighted by molar-refractivity contribution is 0.560. The predicted octanol–water partition coefficient (Wildman–Crippen LogP) is 5.08. The van der Waals surface area contributed by atoms with E-state index in [2.05, 4.69) is 38.1 Å². The summed E-state index contributed by atoms with van der Waals surface area (Å²) in [5.74, 6) is 0.517. The number of hydrogen-bond donors (Lipinski definition) is 0. The Hall–Kier alpha value is -1.63. The molecule has 2 rings (SSSR count). The fourth-order valence-electron chi connectivity index (χ4n) is 2.07. The van der Waals surface area contributed by atoms with Crippen LogP contribution >= 0.6 is 0 Å². The molecule has 18 heavy (non-hydrogen) atoms. The summed E-state index contributed by atoms with van der Waals surface area (Å²) in [5.41, 5.74) is 3.59. The maximum atomic E-state index is 12.9. The molecule has 0 saturated heterocycles. The zero-order valence-electron chi connectivity index (χ0n) is 11.0. The average molecular weight is 242 g/mol. The molecule has 0 aliphatic carbocycles. The predicted molar refractivity (Wildman–Crippen MR) is 75.0 cm³/mol. The van der Waals surface area contributed by atoms with Gasteiger partial charge in [0, 0.05) is 0 Å². The number of benzene rings is 2. The molecule has 0 radical (unpaired) electrons. The van der Waals surface area contributed by atoms with E-state index in [4.69, 9.17) is 0 Å². The summed E-state index contributed by atoms with van der Waals surface area (Å²) in [6.07, 6.45) is 2.30. The van der Waals surface area contributed by atoms with Gasteiger partial charge in [0.15, 0.2) is 0 Å². The van der Waals surface area contributed by atoms with Gasteiger partial charge < -0.3 is 0 Å². The first-order valence-electron chi connectivity index (χ1n) is 6.54. The van der Waals surface area contributed by atoms with Gasteiger partial charge in [-0.3, -0.25) is 0 Å². The van der Waals surface area contributed by atoms with Crippen molar-refractivity contribution in [2.45, 2.75) is 26.7 Å². The minimum absolute atomic E-state index is 0.186. The van der Waals surface area contributed by atoms with Gasteiger partial charge in [-0.2, -0.15) is 0 Å². The molecule has 0 amide bonds. The number of halogens is 1. The van der Waals surface area contributed by atoms with Crippen LogP contribution in [0.3, 0.4) is 0 Å². The van der Waals surface area contributed by atoms with Gasteiger partial charge in [0.25, 0.3) is 0 Å². The van der Waals surface area contributed by atoms with Crippen LogP contribution in [0.15, 0.2) is 48.5 Å². The molecular formula is C17H19F. The van der Waals surface area contributed by atoms with Crippen molar-refractivity contribution in [3.8, 4) is 11.1 Å². The summed E-state index contributed by atoms with van der Waals surface area (Å²) < 4.78 is 12.9. The van der Waals surface area contributed by atoms with Crippen molar-refractivity contribution >= 4 is 0 Å². The van der Waals surface area contributed by atoms with Crippen LogP contribution in [0, 0.1) is 11.7 Å². The van der Waals surface area contributed by atoms with Gasteiger partial charge in [0.1, 0.15) is 5.82 Å². The van der Waals surface area contributed by atoms with Crippen LogP contribution in [-0.4, -0.2) is 0 Å². The van der Waals surface area contributed by atoms with Gasteiger partial charge in [-0.1, -0.05) is 56.7 Å². The molecule has 2 aromatic carbocycles. The second kappa shape index (κ2) is 5.81. The molecule has 0 heterocycles. The second-order valence-electron chi connectivity index (χ2n) is 4.92. The smallest absolute Gasteiger partial charge is 0.123 e. The van der Waals surface area contributed by atoms with Gasteiger partial charge >= 0.3 is 0 Å². The second-order valence-corrected chi connectivity index (χ2v) is 4.92. The van der Waals surface area contributed by atoms with Crippen molar-refractivity contribution < 1.29 is 4.39 Å². The largest absolute Gasteiger partial charge is 0.207 e. The van der Waals surface area contributed by atoms with Crippen molar-refractivity contribution in [2.75, 3.05) is 0 Å². The number of hydrogen-bond acceptors (Lipinski definition) is 0. The Kier molecular flexibility index (Phi) is 4.14. The van der Waals surface area contributed by atoms with E-state index in [1.165, 1.54) is 24.1 Å². The van der Waals surface area contributed by atoms with Gasteiger partial charge in [-0.25, -0.2) is 4.39 Å². The normalized spacial score (nSPS) is 12.4. The van der Waals surface area contributed by atoms with E-state index < -0.39 is 0 Å². The van der Waals surface area contributed by atoms with E-state index in [9.17, 15) is 4.39 Å². The SMILES string of the molecule is CCC(C)Cc1cccc(-c2ccc(F)cc2)c1. The Bertz CT molecular complexity index is 499. The van der Waals surface area contributed by atoms with E-state index in [1.807, 2.05) is 12.1 Å². The molecule has 0 bridgehead atoms. The van der Waals surface area contributed by atoms with E-state index in [0.29, 0.717) is 5.92 Å². The summed E-state index contributed by atoms with van der Waals surface area (Å²) in [7, 11) is 0. The number of rotatable bonds is 4. The lowest BCUT2D eigenvalue weighted by atomic mass is 9.96. The van der Waals surface area contributed by atoms with Crippen LogP contribution in [0.1, 0.15) is 25.8 Å². The fourth-order valence-corrected chi connectivity index (χ4v) is 2.07. The topological polar surface area (TPSA) is 0 Å². The molecule has 0 aliphatic rings. The fraction of sp³-hybridized carbons (Fsp3) is 0.294. The standard InChI is InChI=1S/C17H19F/c1-3-13(2)11-14-5-4-6-16(12-14)15-7-9-17(18)10-8-15/h4-10,12-13H,3,11H2,1-2H3. The van der Waals surface area contributed by atoms with Crippen LogP contribution in [0.25, 0.3) is 11.1 Å². The third-order valence-corrected chi connectivity index (χ3v) is 3.39. The molecule has 0 spiro atoms. The van der Waals surface area contributed by atoms with E-state index in [1.54, 1.807) is 0 Å². The Morgan fingerprint density at radius 2 is 1.72 bits per heavy atom. The summed E-state index contributed by atoms with van der Waals surface area (Å²) in [6, 6.07) is 15.2. The first-order valence-corrected chi connectivity index (χ1v) is 6.54. The molecule has 0 saturated carbocycles. The highest BCUT2D eigenvalue weighted by molar-refractivity contribution is 5.64. The maximum absolute atomic E-state index is 12.9. The highest BCUT2D eigenvalue weighted by Crippen LogP contribution is 2.22. The van der Waals surface area contributed by atoms with E-state index >= 15 is 0 Å². The Labute approximate surface area is 108 Å². The quantitative estimate of drug-likeness (QED) is 0.701. The molecule has 0 nitrogen and oxygen atoms in total. The molecule has 1 heteroatoms. The van der Waals surface area contributed by atoms with Crippen LogP contribution in [0.4, 0.5) is 4.39 Å². The molecule has 0 N–H and O–H groups in total. The monoisotopic (exact) mass is 242 g/mol. The molecule has 1 unspecified atom stereocenters. The van der Waals surface area contributed by atoms with Crippen LogP contribution in [-0.2, 0) is 6.42 Å². The first kappa shape index (κ1) is 12.8. The third kappa shape index (κ3) is 3.19. The first-order chi connectivity index (χ1) is 8.69. The van der Waals surface area contributed by atoms with Crippen molar-refractivity contribution in [2.24, 2.45) is 5.92 Å². The highest BCUT2D eigenvalue weighted by atomic mass is 19.1. The summed E-state index contributed by atoms with van der Waals surface area (Å²) in [6.45, 7) is 4.49. The van der Waals surface area contributed by atoms with Crippen molar-refractivity contribution in [1.82, 2.24) is 0 Å². The Morgan fingerprint density at radius 3 is 2.39 bits per heavy atom. The molecule has 0 aromatic heterocycles. The highest BCUT2D eigenvalue weighted by Gasteiger charge is 2.03. The Morgan fingerprint density at radius 1 is 1.00 bits per heavy atom. The maximum Gasteiger partial charge on any atom is 0.123 e. The van der Waals surface area contributed by atoms with Crippen molar-refractivity contribution in [1.29, 1.82) is 0 Å². The molecule has 94 valence electrons. The Balaban J connectivity index is 2.24. The summed E-state index contributed by atoms with van der Waals surface area (Å²) in [5, 5.41) is 0. The minimum atomic E-state index is -0.186. The molecule has 2 aromatic rings. The average Bonchev–Trinajstić information content (AvgIpc) is 2.40. The molecule has 0 aliphatic heterocycles. The molecule has 1 atom stereocenters.